The largest absolute Gasteiger partial charge is 0.271 e. The molecule has 0 bridgehead atoms. The summed E-state index contributed by atoms with van der Waals surface area (Å²) >= 11 is 6.10. The maximum atomic E-state index is 14.0. The van der Waals surface area contributed by atoms with Crippen molar-refractivity contribution in [2.24, 2.45) is 5.84 Å². The molecule has 0 amide bonds. The minimum Gasteiger partial charge on any atom is -0.271 e. The Bertz CT molecular complexity index is 578. The third-order valence-corrected chi connectivity index (χ3v) is 3.52. The minimum atomic E-state index is -0.464. The Morgan fingerprint density at radius 2 is 1.95 bits per heavy atom. The molecule has 4 heteroatoms. The molecule has 1 atom stereocenters. The SMILES string of the molecule is Cc1ccc(C(NN)c2c(F)cccc2Cl)c(C)c1. The Labute approximate surface area is 117 Å². The molecule has 2 aromatic rings. The topological polar surface area (TPSA) is 38.0 Å². The highest BCUT2D eigenvalue weighted by Crippen LogP contribution is 2.31. The maximum Gasteiger partial charge on any atom is 0.129 e. The zero-order chi connectivity index (χ0) is 14.0. The summed E-state index contributed by atoms with van der Waals surface area (Å²) in [4.78, 5) is 0. The fraction of sp³-hybridized carbons (Fsp3) is 0.200. The highest BCUT2D eigenvalue weighted by molar-refractivity contribution is 6.31. The zero-order valence-electron chi connectivity index (χ0n) is 10.9. The van der Waals surface area contributed by atoms with Crippen LogP contribution in [0.1, 0.15) is 28.3 Å². The van der Waals surface area contributed by atoms with Gasteiger partial charge in [-0.05, 0) is 37.1 Å². The van der Waals surface area contributed by atoms with E-state index in [1.54, 1.807) is 12.1 Å². The van der Waals surface area contributed by atoms with Crippen molar-refractivity contribution in [1.29, 1.82) is 0 Å². The number of nitrogens with two attached hydrogens (primary N) is 1. The van der Waals surface area contributed by atoms with Crippen LogP contribution in [0.4, 0.5) is 4.39 Å². The van der Waals surface area contributed by atoms with Crippen molar-refractivity contribution in [2.45, 2.75) is 19.9 Å². The molecule has 100 valence electrons. The van der Waals surface area contributed by atoms with E-state index >= 15 is 0 Å². The second-order valence-corrected chi connectivity index (χ2v) is 5.00. The van der Waals surface area contributed by atoms with E-state index in [4.69, 9.17) is 17.4 Å². The molecule has 0 saturated carbocycles. The Hall–Kier alpha value is -1.42. The molecule has 19 heavy (non-hydrogen) atoms. The molecule has 0 aliphatic heterocycles. The van der Waals surface area contributed by atoms with Crippen LogP contribution >= 0.6 is 11.6 Å². The van der Waals surface area contributed by atoms with Gasteiger partial charge in [-0.1, -0.05) is 41.4 Å². The van der Waals surface area contributed by atoms with Crippen molar-refractivity contribution in [2.75, 3.05) is 0 Å². The van der Waals surface area contributed by atoms with E-state index in [9.17, 15) is 4.39 Å². The summed E-state index contributed by atoms with van der Waals surface area (Å²) in [6, 6.07) is 10.1. The molecule has 2 aromatic carbocycles. The summed E-state index contributed by atoms with van der Waals surface area (Å²) in [5, 5.41) is 0.364. The van der Waals surface area contributed by atoms with Gasteiger partial charge < -0.3 is 0 Å². The molecule has 3 N–H and O–H groups in total. The molecule has 0 radical (unpaired) electrons. The van der Waals surface area contributed by atoms with Gasteiger partial charge in [-0.15, -0.1) is 0 Å². The van der Waals surface area contributed by atoms with Gasteiger partial charge in [-0.3, -0.25) is 5.84 Å². The van der Waals surface area contributed by atoms with E-state index in [0.29, 0.717) is 10.6 Å². The number of aryl methyl sites for hydroxylation is 2. The summed E-state index contributed by atoms with van der Waals surface area (Å²) in [5.41, 5.74) is 6.14. The number of hydrazine groups is 1. The van der Waals surface area contributed by atoms with Crippen LogP contribution in [0.5, 0.6) is 0 Å². The number of hydrogen-bond donors (Lipinski definition) is 2. The number of halogens is 2. The van der Waals surface area contributed by atoms with Crippen LogP contribution in [-0.4, -0.2) is 0 Å². The third kappa shape index (κ3) is 2.78. The Kier molecular flexibility index (Phi) is 4.20. The molecule has 0 heterocycles. The lowest BCUT2D eigenvalue weighted by Gasteiger charge is -2.21. The van der Waals surface area contributed by atoms with Crippen LogP contribution in [0.15, 0.2) is 36.4 Å². The molecule has 0 aliphatic rings. The summed E-state index contributed by atoms with van der Waals surface area (Å²) in [7, 11) is 0. The van der Waals surface area contributed by atoms with Gasteiger partial charge in [0.05, 0.1) is 6.04 Å². The molecular weight excluding hydrogens is 263 g/mol. The van der Waals surface area contributed by atoms with Crippen molar-refractivity contribution in [3.8, 4) is 0 Å². The van der Waals surface area contributed by atoms with Crippen LogP contribution in [-0.2, 0) is 0 Å². The fourth-order valence-corrected chi connectivity index (χ4v) is 2.54. The molecule has 2 nitrogen and oxygen atoms in total. The monoisotopic (exact) mass is 278 g/mol. The normalized spacial score (nSPS) is 12.5. The maximum absolute atomic E-state index is 14.0. The first-order chi connectivity index (χ1) is 9.04. The second kappa shape index (κ2) is 5.70. The minimum absolute atomic E-state index is 0.364. The van der Waals surface area contributed by atoms with Gasteiger partial charge in [0.25, 0.3) is 0 Å². The van der Waals surface area contributed by atoms with Crippen LogP contribution in [0.3, 0.4) is 0 Å². The van der Waals surface area contributed by atoms with E-state index in [-0.39, 0.29) is 5.82 Å². The number of benzene rings is 2. The average Bonchev–Trinajstić information content (AvgIpc) is 2.35. The van der Waals surface area contributed by atoms with Crippen LogP contribution in [0.2, 0.25) is 5.02 Å². The summed E-state index contributed by atoms with van der Waals surface area (Å²) in [5.74, 6) is 5.24. The van der Waals surface area contributed by atoms with Gasteiger partial charge in [0.1, 0.15) is 5.82 Å². The van der Waals surface area contributed by atoms with Gasteiger partial charge >= 0.3 is 0 Å². The van der Waals surface area contributed by atoms with Crippen molar-refractivity contribution < 1.29 is 4.39 Å². The van der Waals surface area contributed by atoms with E-state index < -0.39 is 6.04 Å². The number of nitrogens with one attached hydrogen (secondary N) is 1. The molecule has 0 aromatic heterocycles. The number of rotatable bonds is 3. The third-order valence-electron chi connectivity index (χ3n) is 3.19. The van der Waals surface area contributed by atoms with Gasteiger partial charge in [0.2, 0.25) is 0 Å². The summed E-state index contributed by atoms with van der Waals surface area (Å²) in [6.45, 7) is 3.99. The Morgan fingerprint density at radius 1 is 1.21 bits per heavy atom. The van der Waals surface area contributed by atoms with E-state index in [1.807, 2.05) is 32.0 Å². The lowest BCUT2D eigenvalue weighted by molar-refractivity contribution is 0.559. The molecule has 1 unspecified atom stereocenters. The van der Waals surface area contributed by atoms with Crippen molar-refractivity contribution in [3.05, 3.63) is 69.5 Å². The number of hydrogen-bond acceptors (Lipinski definition) is 2. The van der Waals surface area contributed by atoms with Crippen LogP contribution < -0.4 is 11.3 Å². The van der Waals surface area contributed by atoms with E-state index in [0.717, 1.165) is 16.7 Å². The van der Waals surface area contributed by atoms with Crippen LogP contribution in [0.25, 0.3) is 0 Å². The summed E-state index contributed by atoms with van der Waals surface area (Å²) in [6.07, 6.45) is 0. The molecular formula is C15H16ClFN2. The molecule has 0 aliphatic carbocycles. The quantitative estimate of drug-likeness (QED) is 0.664. The smallest absolute Gasteiger partial charge is 0.129 e. The van der Waals surface area contributed by atoms with Gasteiger partial charge in [0.15, 0.2) is 0 Å². The first-order valence-electron chi connectivity index (χ1n) is 6.01. The van der Waals surface area contributed by atoms with Crippen molar-refractivity contribution >= 4 is 11.6 Å². The summed E-state index contributed by atoms with van der Waals surface area (Å²) < 4.78 is 14.0. The standard InChI is InChI=1S/C15H16ClFN2/c1-9-6-7-11(10(2)8-9)15(19-18)14-12(16)4-3-5-13(14)17/h3-8,15,19H,18H2,1-2H3. The van der Waals surface area contributed by atoms with Gasteiger partial charge in [-0.25, -0.2) is 9.82 Å². The first kappa shape index (κ1) is 14.0. The predicted octanol–water partition coefficient (Wildman–Crippen LogP) is 3.65. The van der Waals surface area contributed by atoms with Crippen molar-refractivity contribution in [3.63, 3.8) is 0 Å². The lowest BCUT2D eigenvalue weighted by Crippen LogP contribution is -2.30. The fourth-order valence-electron chi connectivity index (χ4n) is 2.26. The Morgan fingerprint density at radius 3 is 2.53 bits per heavy atom. The molecule has 2 rings (SSSR count). The van der Waals surface area contributed by atoms with E-state index in [1.165, 1.54) is 6.07 Å². The Balaban J connectivity index is 2.56. The predicted molar refractivity (Wildman–Crippen MR) is 76.5 cm³/mol. The molecule has 0 fully saturated rings. The zero-order valence-corrected chi connectivity index (χ0v) is 11.6. The highest BCUT2D eigenvalue weighted by atomic mass is 35.5. The second-order valence-electron chi connectivity index (χ2n) is 4.60. The molecule has 0 spiro atoms. The van der Waals surface area contributed by atoms with Gasteiger partial charge in [-0.2, -0.15) is 0 Å². The van der Waals surface area contributed by atoms with E-state index in [2.05, 4.69) is 5.43 Å². The van der Waals surface area contributed by atoms with Crippen LogP contribution in [0, 0.1) is 19.7 Å². The average molecular weight is 279 g/mol. The van der Waals surface area contributed by atoms with Crippen molar-refractivity contribution in [1.82, 2.24) is 5.43 Å². The molecule has 0 saturated heterocycles. The highest BCUT2D eigenvalue weighted by Gasteiger charge is 2.21. The van der Waals surface area contributed by atoms with Gasteiger partial charge in [0, 0.05) is 10.6 Å². The first-order valence-corrected chi connectivity index (χ1v) is 6.39. The lowest BCUT2D eigenvalue weighted by atomic mass is 9.94.